The highest BCUT2D eigenvalue weighted by atomic mass is 16.5. The molecule has 1 saturated heterocycles. The third-order valence-electron chi connectivity index (χ3n) is 5.29. The molecule has 2 aromatic carbocycles. The maximum atomic E-state index is 12.2. The number of aromatic amines is 1. The SMILES string of the molecule is Cc1ccccc1OCC(=O)NC1CCN(c2cc(-c3ccccc3)[nH]n2)CC1. The number of para-hydroxylation sites is 1. The number of nitrogens with one attached hydrogen (secondary N) is 2. The number of anilines is 1. The Morgan fingerprint density at radius 3 is 2.62 bits per heavy atom. The summed E-state index contributed by atoms with van der Waals surface area (Å²) in [7, 11) is 0. The number of nitrogens with zero attached hydrogens (tertiary/aromatic N) is 2. The molecule has 2 heterocycles. The molecule has 0 bridgehead atoms. The van der Waals surface area contributed by atoms with Crippen molar-refractivity contribution in [2.45, 2.75) is 25.8 Å². The van der Waals surface area contributed by atoms with Crippen LogP contribution in [0.1, 0.15) is 18.4 Å². The Morgan fingerprint density at radius 1 is 1.14 bits per heavy atom. The van der Waals surface area contributed by atoms with Crippen molar-refractivity contribution in [3.05, 3.63) is 66.2 Å². The van der Waals surface area contributed by atoms with Gasteiger partial charge in [0.15, 0.2) is 12.4 Å². The molecule has 0 spiro atoms. The number of carbonyl (C=O) groups excluding carboxylic acids is 1. The fourth-order valence-corrected chi connectivity index (χ4v) is 3.62. The van der Waals surface area contributed by atoms with E-state index in [9.17, 15) is 4.79 Å². The lowest BCUT2D eigenvalue weighted by Crippen LogP contribution is -2.46. The van der Waals surface area contributed by atoms with Gasteiger partial charge < -0.3 is 15.0 Å². The molecule has 1 aliphatic rings. The van der Waals surface area contributed by atoms with Crippen LogP contribution in [0.15, 0.2) is 60.7 Å². The first-order chi connectivity index (χ1) is 14.2. The third kappa shape index (κ3) is 4.77. The molecule has 0 atom stereocenters. The van der Waals surface area contributed by atoms with Gasteiger partial charge in [-0.25, -0.2) is 0 Å². The lowest BCUT2D eigenvalue weighted by atomic mass is 10.0. The first-order valence-electron chi connectivity index (χ1n) is 10.0. The number of hydrogen-bond donors (Lipinski definition) is 2. The molecule has 6 nitrogen and oxygen atoms in total. The second-order valence-electron chi connectivity index (χ2n) is 7.39. The normalized spacial score (nSPS) is 14.6. The third-order valence-corrected chi connectivity index (χ3v) is 5.29. The van der Waals surface area contributed by atoms with Crippen LogP contribution in [0, 0.1) is 6.92 Å². The molecule has 0 radical (unpaired) electrons. The second-order valence-corrected chi connectivity index (χ2v) is 7.39. The van der Waals surface area contributed by atoms with Crippen molar-refractivity contribution >= 4 is 11.7 Å². The summed E-state index contributed by atoms with van der Waals surface area (Å²) in [6.45, 7) is 3.75. The molecule has 4 rings (SSSR count). The van der Waals surface area contributed by atoms with E-state index in [2.05, 4.69) is 38.6 Å². The van der Waals surface area contributed by atoms with Gasteiger partial charge in [-0.15, -0.1) is 0 Å². The number of aromatic nitrogens is 2. The Bertz CT molecular complexity index is 946. The Balaban J connectivity index is 1.25. The minimum atomic E-state index is -0.0714. The van der Waals surface area contributed by atoms with E-state index in [1.807, 2.05) is 49.4 Å². The van der Waals surface area contributed by atoms with Crippen LogP contribution in [-0.2, 0) is 4.79 Å². The minimum Gasteiger partial charge on any atom is -0.484 e. The van der Waals surface area contributed by atoms with E-state index >= 15 is 0 Å². The predicted molar refractivity (Wildman–Crippen MR) is 114 cm³/mol. The van der Waals surface area contributed by atoms with Gasteiger partial charge in [0.2, 0.25) is 0 Å². The lowest BCUT2D eigenvalue weighted by Gasteiger charge is -2.32. The molecule has 0 unspecified atom stereocenters. The molecule has 3 aromatic rings. The zero-order valence-electron chi connectivity index (χ0n) is 16.6. The summed E-state index contributed by atoms with van der Waals surface area (Å²) in [5.41, 5.74) is 3.17. The number of amides is 1. The smallest absolute Gasteiger partial charge is 0.258 e. The largest absolute Gasteiger partial charge is 0.484 e. The summed E-state index contributed by atoms with van der Waals surface area (Å²) >= 11 is 0. The molecule has 1 amide bonds. The van der Waals surface area contributed by atoms with E-state index in [0.717, 1.165) is 54.3 Å². The van der Waals surface area contributed by atoms with Crippen molar-refractivity contribution < 1.29 is 9.53 Å². The maximum Gasteiger partial charge on any atom is 0.258 e. The number of hydrogen-bond acceptors (Lipinski definition) is 4. The number of ether oxygens (including phenoxy) is 1. The number of carbonyl (C=O) groups is 1. The van der Waals surface area contributed by atoms with Crippen molar-refractivity contribution in [3.63, 3.8) is 0 Å². The van der Waals surface area contributed by atoms with Gasteiger partial charge in [-0.05, 0) is 37.0 Å². The Labute approximate surface area is 170 Å². The van der Waals surface area contributed by atoms with Gasteiger partial charge in [-0.1, -0.05) is 48.5 Å². The molecular formula is C23H26N4O2. The van der Waals surface area contributed by atoms with E-state index < -0.39 is 0 Å². The summed E-state index contributed by atoms with van der Waals surface area (Å²) in [6, 6.07) is 20.2. The van der Waals surface area contributed by atoms with Crippen molar-refractivity contribution in [1.29, 1.82) is 0 Å². The number of piperidine rings is 1. The first kappa shape index (κ1) is 19.1. The molecule has 0 saturated carbocycles. The van der Waals surface area contributed by atoms with Gasteiger partial charge in [-0.2, -0.15) is 5.10 Å². The Morgan fingerprint density at radius 2 is 1.86 bits per heavy atom. The average Bonchev–Trinajstić information content (AvgIpc) is 3.25. The van der Waals surface area contributed by atoms with Gasteiger partial charge >= 0.3 is 0 Å². The molecule has 29 heavy (non-hydrogen) atoms. The van der Waals surface area contributed by atoms with Gasteiger partial charge in [0.05, 0.1) is 5.69 Å². The van der Waals surface area contributed by atoms with Crippen LogP contribution in [0.2, 0.25) is 0 Å². The minimum absolute atomic E-state index is 0.0465. The van der Waals surface area contributed by atoms with Crippen LogP contribution in [0.4, 0.5) is 5.82 Å². The lowest BCUT2D eigenvalue weighted by molar-refractivity contribution is -0.123. The van der Waals surface area contributed by atoms with Crippen LogP contribution in [-0.4, -0.2) is 41.8 Å². The molecule has 0 aliphatic carbocycles. The number of H-pyrrole nitrogens is 1. The fourth-order valence-electron chi connectivity index (χ4n) is 3.62. The monoisotopic (exact) mass is 390 g/mol. The molecule has 6 heteroatoms. The highest BCUT2D eigenvalue weighted by molar-refractivity contribution is 5.78. The number of aryl methyl sites for hydroxylation is 1. The van der Waals surface area contributed by atoms with Gasteiger partial charge in [0, 0.05) is 25.2 Å². The van der Waals surface area contributed by atoms with E-state index in [0.29, 0.717) is 0 Å². The van der Waals surface area contributed by atoms with E-state index in [1.54, 1.807) is 0 Å². The van der Waals surface area contributed by atoms with Crippen molar-refractivity contribution in [3.8, 4) is 17.0 Å². The zero-order valence-corrected chi connectivity index (χ0v) is 16.6. The molecule has 1 aliphatic heterocycles. The summed E-state index contributed by atoms with van der Waals surface area (Å²) < 4.78 is 5.64. The average molecular weight is 390 g/mol. The van der Waals surface area contributed by atoms with Crippen molar-refractivity contribution in [1.82, 2.24) is 15.5 Å². The maximum absolute atomic E-state index is 12.2. The number of rotatable bonds is 6. The fraction of sp³-hybridized carbons (Fsp3) is 0.304. The first-order valence-corrected chi connectivity index (χ1v) is 10.0. The summed E-state index contributed by atoms with van der Waals surface area (Å²) in [5, 5.41) is 10.7. The Hall–Kier alpha value is -3.28. The van der Waals surface area contributed by atoms with Crippen LogP contribution in [0.3, 0.4) is 0 Å². The summed E-state index contributed by atoms with van der Waals surface area (Å²) in [5.74, 6) is 1.64. The van der Waals surface area contributed by atoms with Crippen LogP contribution in [0.25, 0.3) is 11.3 Å². The quantitative estimate of drug-likeness (QED) is 0.675. The highest BCUT2D eigenvalue weighted by Crippen LogP contribution is 2.24. The molecule has 1 aromatic heterocycles. The van der Waals surface area contributed by atoms with Crippen LogP contribution >= 0.6 is 0 Å². The second kappa shape index (κ2) is 8.82. The number of benzene rings is 2. The van der Waals surface area contributed by atoms with Crippen LogP contribution < -0.4 is 15.0 Å². The molecule has 2 N–H and O–H groups in total. The topological polar surface area (TPSA) is 70.2 Å². The molecule has 1 fully saturated rings. The van der Waals surface area contributed by atoms with Crippen molar-refractivity contribution in [2.24, 2.45) is 0 Å². The van der Waals surface area contributed by atoms with E-state index in [1.165, 1.54) is 0 Å². The summed E-state index contributed by atoms with van der Waals surface area (Å²) in [4.78, 5) is 14.5. The molecule has 150 valence electrons. The van der Waals surface area contributed by atoms with Crippen LogP contribution in [0.5, 0.6) is 5.75 Å². The highest BCUT2D eigenvalue weighted by Gasteiger charge is 2.22. The standard InChI is InChI=1S/C23H26N4O2/c1-17-7-5-6-10-21(17)29-16-23(28)24-19-11-13-27(14-12-19)22-15-20(25-26-22)18-8-3-2-4-9-18/h2-10,15,19H,11-14,16H2,1H3,(H,24,28)(H,25,26). The van der Waals surface area contributed by atoms with Crippen molar-refractivity contribution in [2.75, 3.05) is 24.6 Å². The molecular weight excluding hydrogens is 364 g/mol. The van der Waals surface area contributed by atoms with Gasteiger partial charge in [0.1, 0.15) is 5.75 Å². The van der Waals surface area contributed by atoms with Gasteiger partial charge in [-0.3, -0.25) is 9.89 Å². The van der Waals surface area contributed by atoms with E-state index in [4.69, 9.17) is 4.74 Å². The predicted octanol–water partition coefficient (Wildman–Crippen LogP) is 3.55. The van der Waals surface area contributed by atoms with Gasteiger partial charge in [0.25, 0.3) is 5.91 Å². The Kier molecular flexibility index (Phi) is 5.79. The van der Waals surface area contributed by atoms with E-state index in [-0.39, 0.29) is 18.6 Å². The summed E-state index contributed by atoms with van der Waals surface area (Å²) in [6.07, 6.45) is 1.78. The zero-order chi connectivity index (χ0) is 20.1.